The van der Waals surface area contributed by atoms with Crippen molar-refractivity contribution >= 4 is 0 Å². The molecule has 1 aliphatic rings. The summed E-state index contributed by atoms with van der Waals surface area (Å²) in [7, 11) is 0. The maximum Gasteiger partial charge on any atom is 0.328 e. The lowest BCUT2D eigenvalue weighted by atomic mass is 10.2. The standard InChI is InChI=1S/C11H16N2O3/c1-8-7-13(10(15)12-9(8)14)6-2-3-11(16)4-5-11/h7,16H,2-6H2,1H3,(H,12,14,15). The van der Waals surface area contributed by atoms with E-state index in [0.29, 0.717) is 12.1 Å². The van der Waals surface area contributed by atoms with Crippen molar-refractivity contribution in [3.8, 4) is 0 Å². The molecule has 2 N–H and O–H groups in total. The van der Waals surface area contributed by atoms with Crippen LogP contribution in [0.1, 0.15) is 31.2 Å². The number of aryl methyl sites for hydroxylation is 2. The second-order valence-electron chi connectivity index (χ2n) is 4.59. The van der Waals surface area contributed by atoms with Gasteiger partial charge in [0.05, 0.1) is 5.60 Å². The molecule has 5 nitrogen and oxygen atoms in total. The molecular formula is C11H16N2O3. The van der Waals surface area contributed by atoms with Crippen molar-refractivity contribution in [1.29, 1.82) is 0 Å². The molecule has 0 bridgehead atoms. The summed E-state index contributed by atoms with van der Waals surface area (Å²) in [5, 5.41) is 9.63. The number of rotatable bonds is 4. The molecular weight excluding hydrogens is 208 g/mol. The molecule has 1 fully saturated rings. The first-order chi connectivity index (χ1) is 7.50. The first kappa shape index (κ1) is 11.1. The van der Waals surface area contributed by atoms with Crippen molar-refractivity contribution in [2.45, 2.75) is 44.8 Å². The molecule has 16 heavy (non-hydrogen) atoms. The molecule has 1 aliphatic carbocycles. The lowest BCUT2D eigenvalue weighted by molar-refractivity contribution is 0.135. The quantitative estimate of drug-likeness (QED) is 0.764. The monoisotopic (exact) mass is 224 g/mol. The van der Waals surface area contributed by atoms with Gasteiger partial charge in [0, 0.05) is 18.3 Å². The van der Waals surface area contributed by atoms with Gasteiger partial charge in [-0.2, -0.15) is 0 Å². The fourth-order valence-electron chi connectivity index (χ4n) is 1.76. The predicted molar refractivity (Wildman–Crippen MR) is 59.5 cm³/mol. The Morgan fingerprint density at radius 3 is 2.81 bits per heavy atom. The summed E-state index contributed by atoms with van der Waals surface area (Å²) in [4.78, 5) is 24.8. The van der Waals surface area contributed by atoms with Gasteiger partial charge in [-0.15, -0.1) is 0 Å². The van der Waals surface area contributed by atoms with Crippen molar-refractivity contribution in [3.05, 3.63) is 32.6 Å². The zero-order valence-corrected chi connectivity index (χ0v) is 9.32. The van der Waals surface area contributed by atoms with E-state index < -0.39 is 5.60 Å². The average molecular weight is 224 g/mol. The van der Waals surface area contributed by atoms with Gasteiger partial charge in [0.15, 0.2) is 0 Å². The fourth-order valence-corrected chi connectivity index (χ4v) is 1.76. The molecule has 0 unspecified atom stereocenters. The molecule has 1 aromatic heterocycles. The molecule has 0 aliphatic heterocycles. The second-order valence-corrected chi connectivity index (χ2v) is 4.59. The minimum atomic E-state index is -0.471. The van der Waals surface area contributed by atoms with Crippen LogP contribution in [0.15, 0.2) is 15.8 Å². The number of H-pyrrole nitrogens is 1. The molecule has 0 amide bonds. The van der Waals surface area contributed by atoms with Crippen molar-refractivity contribution in [2.75, 3.05) is 0 Å². The summed E-state index contributed by atoms with van der Waals surface area (Å²) in [5.74, 6) is 0. The van der Waals surface area contributed by atoms with Gasteiger partial charge in [-0.25, -0.2) is 4.79 Å². The Labute approximate surface area is 92.7 Å². The summed E-state index contributed by atoms with van der Waals surface area (Å²) >= 11 is 0. The number of hydrogen-bond donors (Lipinski definition) is 2. The van der Waals surface area contributed by atoms with Gasteiger partial charge in [0.25, 0.3) is 5.56 Å². The Hall–Kier alpha value is -1.36. The van der Waals surface area contributed by atoms with Crippen LogP contribution in [0.5, 0.6) is 0 Å². The highest BCUT2D eigenvalue weighted by Crippen LogP contribution is 2.39. The molecule has 5 heteroatoms. The molecule has 0 saturated heterocycles. The van der Waals surface area contributed by atoms with E-state index in [1.165, 1.54) is 4.57 Å². The van der Waals surface area contributed by atoms with E-state index in [2.05, 4.69) is 4.98 Å². The van der Waals surface area contributed by atoms with Crippen LogP contribution in [-0.4, -0.2) is 20.3 Å². The van der Waals surface area contributed by atoms with Gasteiger partial charge in [0.1, 0.15) is 0 Å². The van der Waals surface area contributed by atoms with Crippen LogP contribution in [0, 0.1) is 6.92 Å². The van der Waals surface area contributed by atoms with E-state index in [1.807, 2.05) is 0 Å². The number of hydrogen-bond acceptors (Lipinski definition) is 3. The summed E-state index contributed by atoms with van der Waals surface area (Å²) in [5.41, 5.74) is -0.647. The highest BCUT2D eigenvalue weighted by molar-refractivity contribution is 5.00. The van der Waals surface area contributed by atoms with Crippen LogP contribution in [0.4, 0.5) is 0 Å². The highest BCUT2D eigenvalue weighted by atomic mass is 16.3. The van der Waals surface area contributed by atoms with Gasteiger partial charge < -0.3 is 9.67 Å². The minimum absolute atomic E-state index is 0.331. The number of nitrogens with one attached hydrogen (secondary N) is 1. The van der Waals surface area contributed by atoms with E-state index in [-0.39, 0.29) is 11.2 Å². The van der Waals surface area contributed by atoms with E-state index >= 15 is 0 Å². The Bertz CT molecular complexity index is 497. The number of nitrogens with zero attached hydrogens (tertiary/aromatic N) is 1. The van der Waals surface area contributed by atoms with Crippen molar-refractivity contribution in [2.24, 2.45) is 0 Å². The average Bonchev–Trinajstić information content (AvgIpc) is 2.93. The molecule has 2 rings (SSSR count). The van der Waals surface area contributed by atoms with E-state index in [9.17, 15) is 14.7 Å². The van der Waals surface area contributed by atoms with Gasteiger partial charge in [-0.05, 0) is 32.6 Å². The first-order valence-electron chi connectivity index (χ1n) is 5.53. The van der Waals surface area contributed by atoms with Crippen LogP contribution in [0.2, 0.25) is 0 Å². The maximum atomic E-state index is 11.4. The summed E-state index contributed by atoms with van der Waals surface area (Å²) in [6, 6.07) is 0. The first-order valence-corrected chi connectivity index (χ1v) is 5.53. The van der Waals surface area contributed by atoms with Crippen molar-refractivity contribution in [3.63, 3.8) is 0 Å². The summed E-state index contributed by atoms with van der Waals surface area (Å²) in [6.07, 6.45) is 4.77. The number of aromatic nitrogens is 2. The summed E-state index contributed by atoms with van der Waals surface area (Å²) < 4.78 is 1.49. The predicted octanol–water partition coefficient (Wildman–Crippen LogP) is 0.150. The molecule has 1 saturated carbocycles. The molecule has 0 spiro atoms. The van der Waals surface area contributed by atoms with Gasteiger partial charge in [-0.3, -0.25) is 9.78 Å². The number of aromatic amines is 1. The van der Waals surface area contributed by atoms with Crippen molar-refractivity contribution in [1.82, 2.24) is 9.55 Å². The summed E-state index contributed by atoms with van der Waals surface area (Å²) in [6.45, 7) is 2.21. The van der Waals surface area contributed by atoms with Gasteiger partial charge >= 0.3 is 5.69 Å². The molecule has 1 heterocycles. The third-order valence-electron chi connectivity index (χ3n) is 3.06. The highest BCUT2D eigenvalue weighted by Gasteiger charge is 2.39. The zero-order valence-electron chi connectivity index (χ0n) is 9.32. The Balaban J connectivity index is 2.01. The topological polar surface area (TPSA) is 75.1 Å². The second kappa shape index (κ2) is 3.90. The van der Waals surface area contributed by atoms with Gasteiger partial charge in [0.2, 0.25) is 0 Å². The Kier molecular flexibility index (Phi) is 2.71. The lowest BCUT2D eigenvalue weighted by Gasteiger charge is -2.08. The normalized spacial score (nSPS) is 17.4. The molecule has 0 aromatic carbocycles. The fraction of sp³-hybridized carbons (Fsp3) is 0.636. The minimum Gasteiger partial charge on any atom is -0.390 e. The molecule has 1 aromatic rings. The SMILES string of the molecule is Cc1cn(CCCC2(O)CC2)c(=O)[nH]c1=O. The Morgan fingerprint density at radius 1 is 1.50 bits per heavy atom. The lowest BCUT2D eigenvalue weighted by Crippen LogP contribution is -2.31. The Morgan fingerprint density at radius 2 is 2.19 bits per heavy atom. The molecule has 0 atom stereocenters. The van der Waals surface area contributed by atoms with E-state index in [4.69, 9.17) is 0 Å². The smallest absolute Gasteiger partial charge is 0.328 e. The largest absolute Gasteiger partial charge is 0.390 e. The number of aliphatic hydroxyl groups is 1. The molecule has 0 radical (unpaired) electrons. The zero-order chi connectivity index (χ0) is 11.8. The van der Waals surface area contributed by atoms with Crippen LogP contribution < -0.4 is 11.2 Å². The third kappa shape index (κ3) is 2.41. The van der Waals surface area contributed by atoms with Crippen LogP contribution in [0.3, 0.4) is 0 Å². The van der Waals surface area contributed by atoms with Crippen LogP contribution in [0.25, 0.3) is 0 Å². The van der Waals surface area contributed by atoms with Crippen LogP contribution >= 0.6 is 0 Å². The third-order valence-corrected chi connectivity index (χ3v) is 3.06. The van der Waals surface area contributed by atoms with Crippen LogP contribution in [-0.2, 0) is 6.54 Å². The molecule has 88 valence electrons. The maximum absolute atomic E-state index is 11.4. The van der Waals surface area contributed by atoms with Gasteiger partial charge in [-0.1, -0.05) is 0 Å². The van der Waals surface area contributed by atoms with Crippen molar-refractivity contribution < 1.29 is 5.11 Å². The van der Waals surface area contributed by atoms with E-state index in [1.54, 1.807) is 13.1 Å². The van der Waals surface area contributed by atoms with E-state index in [0.717, 1.165) is 25.7 Å².